The molecule has 6 nitrogen and oxygen atoms in total. The minimum atomic E-state index is -0.316. The van der Waals surface area contributed by atoms with Crippen LogP contribution in [0, 0.1) is 0 Å². The fourth-order valence-corrected chi connectivity index (χ4v) is 3.87. The van der Waals surface area contributed by atoms with E-state index in [0.29, 0.717) is 30.2 Å². The molecule has 1 saturated heterocycles. The molecular formula is C23H26N2O4. The Balaban J connectivity index is 1.68. The number of nitrogens with one attached hydrogen (secondary N) is 1. The van der Waals surface area contributed by atoms with E-state index in [9.17, 15) is 4.79 Å². The second-order valence-electron chi connectivity index (χ2n) is 7.19. The van der Waals surface area contributed by atoms with Crippen LogP contribution in [0.2, 0.25) is 0 Å². The number of para-hydroxylation sites is 1. The molecule has 0 aromatic heterocycles. The van der Waals surface area contributed by atoms with Gasteiger partial charge in [-0.25, -0.2) is 0 Å². The molecule has 2 aromatic carbocycles. The van der Waals surface area contributed by atoms with Crippen molar-refractivity contribution in [2.24, 2.45) is 0 Å². The van der Waals surface area contributed by atoms with Crippen molar-refractivity contribution in [3.63, 3.8) is 0 Å². The number of carbonyl (C=O) groups excluding carboxylic acids is 1. The SMILES string of the molecule is C=CCOc1ccc(C2Nc3ccccc3C(=O)N2CC2CCCO2)cc1OC. The van der Waals surface area contributed by atoms with Crippen LogP contribution in [0.25, 0.3) is 0 Å². The quantitative estimate of drug-likeness (QED) is 0.719. The summed E-state index contributed by atoms with van der Waals surface area (Å²) in [7, 11) is 1.61. The van der Waals surface area contributed by atoms with Gasteiger partial charge < -0.3 is 24.4 Å². The third kappa shape index (κ3) is 3.93. The summed E-state index contributed by atoms with van der Waals surface area (Å²) in [5.41, 5.74) is 2.44. The predicted molar refractivity (Wildman–Crippen MR) is 112 cm³/mol. The standard InChI is InChI=1S/C23H26N2O4/c1-3-12-29-20-11-10-16(14-21(20)27-2)22-24-19-9-5-4-8-18(19)23(26)25(22)15-17-7-6-13-28-17/h3-5,8-11,14,17,22,24H,1,6-7,12-13,15H2,2H3. The average Bonchev–Trinajstić information content (AvgIpc) is 3.27. The van der Waals surface area contributed by atoms with E-state index in [-0.39, 0.29) is 18.2 Å². The number of hydrogen-bond donors (Lipinski definition) is 1. The Hall–Kier alpha value is -2.99. The molecule has 0 radical (unpaired) electrons. The molecule has 1 amide bonds. The van der Waals surface area contributed by atoms with Gasteiger partial charge in [0.05, 0.1) is 18.8 Å². The van der Waals surface area contributed by atoms with E-state index in [4.69, 9.17) is 14.2 Å². The Morgan fingerprint density at radius 2 is 2.14 bits per heavy atom. The zero-order valence-electron chi connectivity index (χ0n) is 16.6. The number of rotatable bonds is 7. The van der Waals surface area contributed by atoms with E-state index in [0.717, 1.165) is 30.7 Å². The zero-order chi connectivity index (χ0) is 20.2. The number of anilines is 1. The first-order valence-corrected chi connectivity index (χ1v) is 9.91. The van der Waals surface area contributed by atoms with Crippen LogP contribution in [0.4, 0.5) is 5.69 Å². The lowest BCUT2D eigenvalue weighted by Crippen LogP contribution is -2.46. The summed E-state index contributed by atoms with van der Waals surface area (Å²) in [6.45, 7) is 5.37. The van der Waals surface area contributed by atoms with Crippen LogP contribution >= 0.6 is 0 Å². The minimum Gasteiger partial charge on any atom is -0.493 e. The monoisotopic (exact) mass is 394 g/mol. The topological polar surface area (TPSA) is 60.0 Å². The maximum absolute atomic E-state index is 13.3. The van der Waals surface area contributed by atoms with Crippen LogP contribution in [0.3, 0.4) is 0 Å². The summed E-state index contributed by atoms with van der Waals surface area (Å²) in [5.74, 6) is 1.27. The fraction of sp³-hybridized carbons (Fsp3) is 0.348. The van der Waals surface area contributed by atoms with E-state index in [1.165, 1.54) is 0 Å². The van der Waals surface area contributed by atoms with Crippen LogP contribution in [0.5, 0.6) is 11.5 Å². The predicted octanol–water partition coefficient (Wildman–Crippen LogP) is 4.01. The van der Waals surface area contributed by atoms with Gasteiger partial charge in [0.25, 0.3) is 5.91 Å². The van der Waals surface area contributed by atoms with Crippen molar-refractivity contribution in [3.05, 3.63) is 66.2 Å². The third-order valence-electron chi connectivity index (χ3n) is 5.31. The van der Waals surface area contributed by atoms with E-state index in [1.54, 1.807) is 13.2 Å². The van der Waals surface area contributed by atoms with Crippen molar-refractivity contribution in [3.8, 4) is 11.5 Å². The van der Waals surface area contributed by atoms with E-state index < -0.39 is 0 Å². The Labute approximate surface area is 171 Å². The fourth-order valence-electron chi connectivity index (χ4n) is 3.87. The van der Waals surface area contributed by atoms with Gasteiger partial charge in [-0.1, -0.05) is 30.9 Å². The maximum Gasteiger partial charge on any atom is 0.257 e. The number of fused-ring (bicyclic) bond motifs is 1. The molecule has 0 saturated carbocycles. The first-order chi connectivity index (χ1) is 14.2. The number of ether oxygens (including phenoxy) is 3. The van der Waals surface area contributed by atoms with Crippen LogP contribution in [0.1, 0.15) is 34.9 Å². The van der Waals surface area contributed by atoms with Crippen molar-refractivity contribution in [2.75, 3.05) is 32.2 Å². The second kappa shape index (κ2) is 8.57. The summed E-state index contributed by atoms with van der Waals surface area (Å²) in [5, 5.41) is 3.52. The summed E-state index contributed by atoms with van der Waals surface area (Å²) in [6, 6.07) is 13.4. The smallest absolute Gasteiger partial charge is 0.257 e. The van der Waals surface area contributed by atoms with Gasteiger partial charge in [-0.15, -0.1) is 0 Å². The number of carbonyl (C=O) groups is 1. The number of benzene rings is 2. The van der Waals surface area contributed by atoms with Crippen molar-refractivity contribution in [1.82, 2.24) is 4.90 Å². The molecule has 2 atom stereocenters. The lowest BCUT2D eigenvalue weighted by atomic mass is 10.0. The highest BCUT2D eigenvalue weighted by Crippen LogP contribution is 2.37. The zero-order valence-corrected chi connectivity index (χ0v) is 16.6. The largest absolute Gasteiger partial charge is 0.493 e. The maximum atomic E-state index is 13.3. The molecule has 152 valence electrons. The van der Waals surface area contributed by atoms with Crippen LogP contribution < -0.4 is 14.8 Å². The van der Waals surface area contributed by atoms with Crippen molar-refractivity contribution >= 4 is 11.6 Å². The molecule has 1 N–H and O–H groups in total. The minimum absolute atomic E-state index is 0.00537. The van der Waals surface area contributed by atoms with Gasteiger partial charge in [0.2, 0.25) is 0 Å². The second-order valence-corrected chi connectivity index (χ2v) is 7.19. The molecule has 2 heterocycles. The Bertz CT molecular complexity index is 892. The van der Waals surface area contributed by atoms with E-state index in [2.05, 4.69) is 11.9 Å². The van der Waals surface area contributed by atoms with Gasteiger partial charge in [-0.05, 0) is 42.7 Å². The summed E-state index contributed by atoms with van der Waals surface area (Å²) < 4.78 is 17.0. The van der Waals surface area contributed by atoms with Gasteiger partial charge in [0.15, 0.2) is 11.5 Å². The van der Waals surface area contributed by atoms with E-state index in [1.807, 2.05) is 47.4 Å². The molecule has 4 rings (SSSR count). The summed E-state index contributed by atoms with van der Waals surface area (Å²) >= 11 is 0. The lowest BCUT2D eigenvalue weighted by Gasteiger charge is -2.39. The van der Waals surface area contributed by atoms with Crippen LogP contribution in [-0.4, -0.2) is 43.8 Å². The van der Waals surface area contributed by atoms with Gasteiger partial charge in [0.1, 0.15) is 12.8 Å². The molecule has 29 heavy (non-hydrogen) atoms. The highest BCUT2D eigenvalue weighted by atomic mass is 16.5. The highest BCUT2D eigenvalue weighted by molar-refractivity contribution is 6.01. The van der Waals surface area contributed by atoms with Gasteiger partial charge in [-0.3, -0.25) is 4.79 Å². The number of nitrogens with zero attached hydrogens (tertiary/aromatic N) is 1. The molecule has 6 heteroatoms. The molecule has 2 aliphatic rings. The summed E-state index contributed by atoms with van der Waals surface area (Å²) in [4.78, 5) is 15.2. The highest BCUT2D eigenvalue weighted by Gasteiger charge is 2.35. The van der Waals surface area contributed by atoms with Gasteiger partial charge in [0, 0.05) is 18.8 Å². The van der Waals surface area contributed by atoms with Crippen LogP contribution in [0.15, 0.2) is 55.1 Å². The Morgan fingerprint density at radius 1 is 1.28 bits per heavy atom. The summed E-state index contributed by atoms with van der Waals surface area (Å²) in [6.07, 6.45) is 3.43. The van der Waals surface area contributed by atoms with E-state index >= 15 is 0 Å². The average molecular weight is 394 g/mol. The van der Waals surface area contributed by atoms with Crippen LogP contribution in [-0.2, 0) is 4.74 Å². The number of amides is 1. The molecule has 0 aliphatic carbocycles. The number of methoxy groups -OCH3 is 1. The van der Waals surface area contributed by atoms with Crippen molar-refractivity contribution < 1.29 is 19.0 Å². The van der Waals surface area contributed by atoms with Gasteiger partial charge >= 0.3 is 0 Å². The van der Waals surface area contributed by atoms with Gasteiger partial charge in [-0.2, -0.15) is 0 Å². The first kappa shape index (κ1) is 19.3. The van der Waals surface area contributed by atoms with Crippen molar-refractivity contribution in [2.45, 2.75) is 25.1 Å². The molecule has 2 aliphatic heterocycles. The molecule has 2 aromatic rings. The molecule has 0 bridgehead atoms. The third-order valence-corrected chi connectivity index (χ3v) is 5.31. The van der Waals surface area contributed by atoms with Crippen molar-refractivity contribution in [1.29, 1.82) is 0 Å². The molecular weight excluding hydrogens is 368 g/mol. The first-order valence-electron chi connectivity index (χ1n) is 9.91. The normalized spacial score (nSPS) is 20.7. The molecule has 1 fully saturated rings. The lowest BCUT2D eigenvalue weighted by molar-refractivity contribution is 0.0426. The molecule has 2 unspecified atom stereocenters. The molecule has 0 spiro atoms. The Kier molecular flexibility index (Phi) is 5.71. The Morgan fingerprint density at radius 3 is 2.90 bits per heavy atom. The number of hydrogen-bond acceptors (Lipinski definition) is 5.